The molecule has 188 valence electrons. The Morgan fingerprint density at radius 2 is 1.89 bits per heavy atom. The highest BCUT2D eigenvalue weighted by molar-refractivity contribution is 5.92. The predicted molar refractivity (Wildman–Crippen MR) is 144 cm³/mol. The zero-order chi connectivity index (χ0) is 26.0. The lowest BCUT2D eigenvalue weighted by molar-refractivity contribution is 0.0690. The Hall–Kier alpha value is -3.71. The second-order valence-corrected chi connectivity index (χ2v) is 9.72. The van der Waals surface area contributed by atoms with Crippen molar-refractivity contribution in [3.05, 3.63) is 86.7 Å². The minimum absolute atomic E-state index is 0.0225. The van der Waals surface area contributed by atoms with E-state index in [0.29, 0.717) is 13.1 Å². The fourth-order valence-electron chi connectivity index (χ4n) is 4.90. The first-order valence-electron chi connectivity index (χ1n) is 12.5. The number of aromatic amines is 1. The largest absolute Gasteiger partial charge is 0.477 e. The molecule has 0 saturated carbocycles. The lowest BCUT2D eigenvalue weighted by Crippen LogP contribution is -2.23. The number of pyridine rings is 2. The van der Waals surface area contributed by atoms with E-state index in [0.717, 1.165) is 51.9 Å². The molecule has 0 aliphatic carbocycles. The van der Waals surface area contributed by atoms with E-state index in [1.807, 2.05) is 6.92 Å². The van der Waals surface area contributed by atoms with Gasteiger partial charge < -0.3 is 20.0 Å². The summed E-state index contributed by atoms with van der Waals surface area (Å²) in [6.07, 6.45) is 5.64. The van der Waals surface area contributed by atoms with Gasteiger partial charge in [0.2, 0.25) is 0 Å². The fraction of sp³-hybridized carbons (Fsp3) is 0.345. The SMILES string of the molecule is CCCc1cc(C)[nH]c(=O)c1CNCc1cc(-c2ccc(C(=O)O)nc2)cc2c1c(C)cn2C(C)C. The van der Waals surface area contributed by atoms with Gasteiger partial charge in [-0.25, -0.2) is 9.78 Å². The normalized spacial score (nSPS) is 11.5. The maximum atomic E-state index is 12.7. The van der Waals surface area contributed by atoms with Crippen molar-refractivity contribution in [2.45, 2.75) is 66.6 Å². The van der Waals surface area contributed by atoms with Crippen LogP contribution in [0.4, 0.5) is 0 Å². The van der Waals surface area contributed by atoms with E-state index in [1.165, 1.54) is 17.0 Å². The van der Waals surface area contributed by atoms with Gasteiger partial charge in [-0.05, 0) is 80.6 Å². The summed E-state index contributed by atoms with van der Waals surface area (Å²) in [6, 6.07) is 9.97. The summed E-state index contributed by atoms with van der Waals surface area (Å²) in [4.78, 5) is 31.0. The highest BCUT2D eigenvalue weighted by Gasteiger charge is 2.16. The molecule has 0 unspecified atom stereocenters. The average Bonchev–Trinajstić information content (AvgIpc) is 3.17. The molecule has 0 fully saturated rings. The van der Waals surface area contributed by atoms with E-state index in [-0.39, 0.29) is 17.3 Å². The third kappa shape index (κ3) is 5.11. The molecule has 0 amide bonds. The van der Waals surface area contributed by atoms with Gasteiger partial charge in [-0.1, -0.05) is 19.4 Å². The molecule has 3 heterocycles. The highest BCUT2D eigenvalue weighted by atomic mass is 16.4. The smallest absolute Gasteiger partial charge is 0.354 e. The van der Waals surface area contributed by atoms with Crippen LogP contribution in [0.5, 0.6) is 0 Å². The quantitative estimate of drug-likeness (QED) is 0.289. The molecule has 3 aromatic heterocycles. The first kappa shape index (κ1) is 25.4. The Balaban J connectivity index is 1.72. The van der Waals surface area contributed by atoms with Gasteiger partial charge in [-0.2, -0.15) is 0 Å². The third-order valence-electron chi connectivity index (χ3n) is 6.58. The van der Waals surface area contributed by atoms with Crippen molar-refractivity contribution in [2.24, 2.45) is 0 Å². The van der Waals surface area contributed by atoms with Crippen LogP contribution in [-0.2, 0) is 19.5 Å². The van der Waals surface area contributed by atoms with E-state index in [2.05, 4.69) is 71.9 Å². The number of aromatic carboxylic acids is 1. The van der Waals surface area contributed by atoms with Crippen LogP contribution in [0, 0.1) is 13.8 Å². The van der Waals surface area contributed by atoms with E-state index in [9.17, 15) is 14.7 Å². The molecule has 0 bridgehead atoms. The molecule has 0 atom stereocenters. The number of carbonyl (C=O) groups is 1. The van der Waals surface area contributed by atoms with Crippen LogP contribution in [0.1, 0.15) is 71.7 Å². The highest BCUT2D eigenvalue weighted by Crippen LogP contribution is 2.33. The number of aromatic nitrogens is 3. The Kier molecular flexibility index (Phi) is 7.40. The maximum absolute atomic E-state index is 12.7. The summed E-state index contributed by atoms with van der Waals surface area (Å²) in [5, 5.41) is 13.9. The number of fused-ring (bicyclic) bond motifs is 1. The minimum Gasteiger partial charge on any atom is -0.477 e. The van der Waals surface area contributed by atoms with Gasteiger partial charge in [0, 0.05) is 59.2 Å². The van der Waals surface area contributed by atoms with E-state index in [4.69, 9.17) is 0 Å². The molecule has 36 heavy (non-hydrogen) atoms. The molecule has 0 spiro atoms. The number of benzene rings is 1. The van der Waals surface area contributed by atoms with Crippen LogP contribution in [0.2, 0.25) is 0 Å². The number of rotatable bonds is 9. The number of aryl methyl sites for hydroxylation is 3. The summed E-state index contributed by atoms with van der Waals surface area (Å²) in [5.74, 6) is -1.04. The van der Waals surface area contributed by atoms with Gasteiger partial charge in [0.05, 0.1) is 0 Å². The molecular formula is C29H34N4O3. The minimum atomic E-state index is -1.04. The molecule has 0 aliphatic rings. The van der Waals surface area contributed by atoms with Crippen molar-refractivity contribution in [2.75, 3.05) is 0 Å². The van der Waals surface area contributed by atoms with Crippen LogP contribution < -0.4 is 10.9 Å². The van der Waals surface area contributed by atoms with E-state index < -0.39 is 5.97 Å². The average molecular weight is 487 g/mol. The van der Waals surface area contributed by atoms with Crippen molar-refractivity contribution >= 4 is 16.9 Å². The van der Waals surface area contributed by atoms with Gasteiger partial charge >= 0.3 is 5.97 Å². The van der Waals surface area contributed by atoms with E-state index in [1.54, 1.807) is 12.3 Å². The molecule has 4 aromatic rings. The molecule has 1 aromatic carbocycles. The molecule has 4 rings (SSSR count). The Bertz CT molecular complexity index is 1460. The summed E-state index contributed by atoms with van der Waals surface area (Å²) in [7, 11) is 0. The first-order chi connectivity index (χ1) is 17.2. The molecule has 0 aliphatic heterocycles. The standard InChI is InChI=1S/C29H34N4O3/c1-6-7-20-10-19(5)32-28(34)24(20)15-30-13-23-11-22(21-8-9-25(29(35)36)31-14-21)12-26-27(23)18(4)16-33(26)17(2)3/h8-12,14,16-17,30H,6-7,13,15H2,1-5H3,(H,32,34)(H,35,36). The second-order valence-electron chi connectivity index (χ2n) is 9.72. The lowest BCUT2D eigenvalue weighted by Gasteiger charge is -2.15. The van der Waals surface area contributed by atoms with Crippen molar-refractivity contribution in [1.82, 2.24) is 19.9 Å². The molecule has 0 saturated heterocycles. The number of nitrogens with zero attached hydrogens (tertiary/aromatic N) is 2. The summed E-state index contributed by atoms with van der Waals surface area (Å²) >= 11 is 0. The third-order valence-corrected chi connectivity index (χ3v) is 6.58. The van der Waals surface area contributed by atoms with Gasteiger partial charge in [-0.15, -0.1) is 0 Å². The van der Waals surface area contributed by atoms with Crippen LogP contribution in [0.15, 0.2) is 47.5 Å². The van der Waals surface area contributed by atoms with Gasteiger partial charge in [0.15, 0.2) is 0 Å². The van der Waals surface area contributed by atoms with Crippen molar-refractivity contribution in [3.8, 4) is 11.1 Å². The summed E-state index contributed by atoms with van der Waals surface area (Å²) < 4.78 is 2.26. The van der Waals surface area contributed by atoms with E-state index >= 15 is 0 Å². The summed E-state index contributed by atoms with van der Waals surface area (Å²) in [5.41, 5.74) is 8.04. The fourth-order valence-corrected chi connectivity index (χ4v) is 4.90. The van der Waals surface area contributed by atoms with Crippen LogP contribution >= 0.6 is 0 Å². The van der Waals surface area contributed by atoms with Gasteiger partial charge in [0.25, 0.3) is 5.56 Å². The van der Waals surface area contributed by atoms with Gasteiger partial charge in [0.1, 0.15) is 5.69 Å². The number of carboxylic acid groups (broad SMARTS) is 1. The van der Waals surface area contributed by atoms with Crippen LogP contribution in [0.3, 0.4) is 0 Å². The maximum Gasteiger partial charge on any atom is 0.354 e. The van der Waals surface area contributed by atoms with Gasteiger partial charge in [-0.3, -0.25) is 4.79 Å². The molecular weight excluding hydrogens is 452 g/mol. The Morgan fingerprint density at radius 1 is 1.11 bits per heavy atom. The topological polar surface area (TPSA) is 100 Å². The zero-order valence-electron chi connectivity index (χ0n) is 21.6. The molecule has 0 radical (unpaired) electrons. The first-order valence-corrected chi connectivity index (χ1v) is 12.5. The lowest BCUT2D eigenvalue weighted by atomic mass is 9.99. The molecule has 7 nitrogen and oxygen atoms in total. The zero-order valence-corrected chi connectivity index (χ0v) is 21.6. The monoisotopic (exact) mass is 486 g/mol. The summed E-state index contributed by atoms with van der Waals surface area (Å²) in [6.45, 7) is 11.5. The Morgan fingerprint density at radius 3 is 2.53 bits per heavy atom. The number of hydrogen-bond donors (Lipinski definition) is 3. The van der Waals surface area contributed by atoms with Crippen LogP contribution in [0.25, 0.3) is 22.0 Å². The Labute approximate surface area is 211 Å². The number of H-pyrrole nitrogens is 1. The molecule has 7 heteroatoms. The van der Waals surface area contributed by atoms with Crippen molar-refractivity contribution < 1.29 is 9.90 Å². The number of nitrogens with one attached hydrogen (secondary N) is 2. The van der Waals surface area contributed by atoms with Crippen molar-refractivity contribution in [3.63, 3.8) is 0 Å². The predicted octanol–water partition coefficient (Wildman–Crippen LogP) is 5.53. The number of carboxylic acids is 1. The van der Waals surface area contributed by atoms with Crippen LogP contribution in [-0.4, -0.2) is 25.6 Å². The molecule has 3 N–H and O–H groups in total. The number of hydrogen-bond acceptors (Lipinski definition) is 4. The van der Waals surface area contributed by atoms with Crippen molar-refractivity contribution in [1.29, 1.82) is 0 Å². The second kappa shape index (κ2) is 10.5.